The summed E-state index contributed by atoms with van der Waals surface area (Å²) in [7, 11) is 0. The first-order valence-electron chi connectivity index (χ1n) is 10.3. The molecule has 158 valence electrons. The zero-order valence-electron chi connectivity index (χ0n) is 17.5. The van der Waals surface area contributed by atoms with Crippen molar-refractivity contribution in [3.63, 3.8) is 0 Å². The number of aliphatic carboxylic acids is 1. The van der Waals surface area contributed by atoms with Gasteiger partial charge < -0.3 is 15.2 Å². The van der Waals surface area contributed by atoms with Gasteiger partial charge in [0.25, 0.3) is 0 Å². The molecular weight excluding hydrogens is 390 g/mol. The predicted molar refractivity (Wildman–Crippen MR) is 119 cm³/mol. The monoisotopic (exact) mass is 415 g/mol. The third-order valence-corrected chi connectivity index (χ3v) is 6.09. The van der Waals surface area contributed by atoms with Crippen LogP contribution in [-0.4, -0.2) is 29.8 Å². The number of carboxylic acid groups (broad SMARTS) is 1. The summed E-state index contributed by atoms with van der Waals surface area (Å²) in [5, 5.41) is 12.4. The van der Waals surface area contributed by atoms with Crippen LogP contribution in [-0.2, 0) is 14.9 Å². The molecule has 0 fully saturated rings. The van der Waals surface area contributed by atoms with Crippen molar-refractivity contribution in [1.82, 2.24) is 5.32 Å². The number of carboxylic acids is 1. The lowest BCUT2D eigenvalue weighted by Gasteiger charge is -2.32. The summed E-state index contributed by atoms with van der Waals surface area (Å²) >= 11 is 0. The van der Waals surface area contributed by atoms with Crippen LogP contribution < -0.4 is 5.32 Å². The highest BCUT2D eigenvalue weighted by Gasteiger charge is 2.38. The Morgan fingerprint density at radius 2 is 1.42 bits per heavy atom. The summed E-state index contributed by atoms with van der Waals surface area (Å²) in [5.41, 5.74) is 4.49. The van der Waals surface area contributed by atoms with Crippen LogP contribution in [0.5, 0.6) is 0 Å². The molecule has 2 N–H and O–H groups in total. The Bertz CT molecular complexity index is 1060. The lowest BCUT2D eigenvalue weighted by molar-refractivity contribution is -0.141. The van der Waals surface area contributed by atoms with E-state index in [0.29, 0.717) is 0 Å². The van der Waals surface area contributed by atoms with Crippen molar-refractivity contribution in [3.8, 4) is 11.1 Å². The van der Waals surface area contributed by atoms with Gasteiger partial charge in [-0.3, -0.25) is 0 Å². The van der Waals surface area contributed by atoms with Crippen LogP contribution in [0.2, 0.25) is 0 Å². The maximum absolute atomic E-state index is 12.6. The molecule has 31 heavy (non-hydrogen) atoms. The molecule has 5 nitrogen and oxygen atoms in total. The predicted octanol–water partition coefficient (Wildman–Crippen LogP) is 4.96. The van der Waals surface area contributed by atoms with Gasteiger partial charge in [-0.15, -0.1) is 0 Å². The minimum Gasteiger partial charge on any atom is -0.480 e. The maximum atomic E-state index is 12.6. The average Bonchev–Trinajstić information content (AvgIpc) is 3.10. The number of carbonyl (C=O) groups is 2. The van der Waals surface area contributed by atoms with Crippen LogP contribution >= 0.6 is 0 Å². The summed E-state index contributed by atoms with van der Waals surface area (Å²) in [4.78, 5) is 24.6. The molecule has 5 heteroatoms. The fraction of sp³-hybridized carbons (Fsp3) is 0.231. The first-order valence-corrected chi connectivity index (χ1v) is 10.3. The Morgan fingerprint density at radius 3 is 1.97 bits per heavy atom. The molecule has 0 saturated carbocycles. The summed E-state index contributed by atoms with van der Waals surface area (Å²) in [6, 6.07) is 24.3. The molecule has 0 aromatic heterocycles. The highest BCUT2D eigenvalue weighted by molar-refractivity contribution is 5.82. The van der Waals surface area contributed by atoms with Gasteiger partial charge in [0, 0.05) is 11.3 Å². The third kappa shape index (κ3) is 3.91. The van der Waals surface area contributed by atoms with Gasteiger partial charge >= 0.3 is 12.1 Å². The summed E-state index contributed by atoms with van der Waals surface area (Å²) in [5.74, 6) is -1.19. The van der Waals surface area contributed by atoms with E-state index in [1.54, 1.807) is 13.8 Å². The SMILES string of the molecule is CC(C)(c1ccccc1)[C@H](NC(=O)OCC1c2ccccc2-c2ccccc21)C(=O)O. The van der Waals surface area contributed by atoms with Crippen LogP contribution in [0, 0.1) is 0 Å². The number of nitrogens with one attached hydrogen (secondary N) is 1. The molecule has 0 heterocycles. The molecule has 0 unspecified atom stereocenters. The van der Waals surface area contributed by atoms with E-state index in [1.807, 2.05) is 66.7 Å². The molecule has 1 aliphatic carbocycles. The highest BCUT2D eigenvalue weighted by atomic mass is 16.5. The van der Waals surface area contributed by atoms with E-state index in [4.69, 9.17) is 4.74 Å². The van der Waals surface area contributed by atoms with Crippen molar-refractivity contribution < 1.29 is 19.4 Å². The molecule has 4 rings (SSSR count). The Labute approximate surface area is 181 Å². The fourth-order valence-electron chi connectivity index (χ4n) is 4.34. The second kappa shape index (κ2) is 8.26. The lowest BCUT2D eigenvalue weighted by atomic mass is 9.77. The number of hydrogen-bond donors (Lipinski definition) is 2. The zero-order chi connectivity index (χ0) is 22.0. The van der Waals surface area contributed by atoms with E-state index in [-0.39, 0.29) is 12.5 Å². The van der Waals surface area contributed by atoms with Gasteiger partial charge in [-0.05, 0) is 27.8 Å². The molecule has 3 aromatic rings. The van der Waals surface area contributed by atoms with Gasteiger partial charge in [-0.1, -0.05) is 92.7 Å². The zero-order valence-corrected chi connectivity index (χ0v) is 17.5. The molecule has 0 aliphatic heterocycles. The molecular formula is C26H25NO4. The lowest BCUT2D eigenvalue weighted by Crippen LogP contribution is -2.52. The van der Waals surface area contributed by atoms with Crippen LogP contribution in [0.15, 0.2) is 78.9 Å². The number of alkyl carbamates (subject to hydrolysis) is 1. The van der Waals surface area contributed by atoms with E-state index >= 15 is 0 Å². The van der Waals surface area contributed by atoms with Gasteiger partial charge in [0.15, 0.2) is 0 Å². The van der Waals surface area contributed by atoms with Gasteiger partial charge in [0.2, 0.25) is 0 Å². The maximum Gasteiger partial charge on any atom is 0.407 e. The Kier molecular flexibility index (Phi) is 5.51. The van der Waals surface area contributed by atoms with Crippen molar-refractivity contribution >= 4 is 12.1 Å². The quantitative estimate of drug-likeness (QED) is 0.597. The first kappa shape index (κ1) is 20.7. The molecule has 0 bridgehead atoms. The highest BCUT2D eigenvalue weighted by Crippen LogP contribution is 2.44. The first-order chi connectivity index (χ1) is 14.9. The smallest absolute Gasteiger partial charge is 0.407 e. The molecule has 0 saturated heterocycles. The Morgan fingerprint density at radius 1 is 0.903 bits per heavy atom. The molecule has 1 atom stereocenters. The Hall–Kier alpha value is -3.60. The largest absolute Gasteiger partial charge is 0.480 e. The average molecular weight is 415 g/mol. The normalized spacial score (nSPS) is 13.7. The van der Waals surface area contributed by atoms with Gasteiger partial charge in [-0.25, -0.2) is 9.59 Å². The summed E-state index contributed by atoms with van der Waals surface area (Å²) in [6.45, 7) is 3.73. The summed E-state index contributed by atoms with van der Waals surface area (Å²) in [6.07, 6.45) is -0.738. The Balaban J connectivity index is 1.49. The molecule has 1 amide bonds. The standard InChI is InChI=1S/C26H25NO4/c1-26(2,17-10-4-3-5-11-17)23(24(28)29)27-25(30)31-16-22-20-14-8-6-12-18(20)19-13-7-9-15-21(19)22/h3-15,22-23H,16H2,1-2H3,(H,27,30)(H,28,29)/t23-/m1/s1. The van der Waals surface area contributed by atoms with Crippen molar-refractivity contribution in [2.45, 2.75) is 31.2 Å². The van der Waals surface area contributed by atoms with Gasteiger partial charge in [0.05, 0.1) is 0 Å². The van der Waals surface area contributed by atoms with E-state index in [1.165, 1.54) is 0 Å². The number of rotatable bonds is 6. The number of fused-ring (bicyclic) bond motifs is 3. The summed E-state index contributed by atoms with van der Waals surface area (Å²) < 4.78 is 5.54. The number of ether oxygens (including phenoxy) is 1. The van der Waals surface area contributed by atoms with Crippen molar-refractivity contribution in [2.24, 2.45) is 0 Å². The van der Waals surface area contributed by atoms with Crippen molar-refractivity contribution in [2.75, 3.05) is 6.61 Å². The van der Waals surface area contributed by atoms with E-state index < -0.39 is 23.5 Å². The fourth-order valence-corrected chi connectivity index (χ4v) is 4.34. The number of amides is 1. The van der Waals surface area contributed by atoms with Crippen LogP contribution in [0.3, 0.4) is 0 Å². The van der Waals surface area contributed by atoms with E-state index in [9.17, 15) is 14.7 Å². The minimum atomic E-state index is -1.13. The number of hydrogen-bond acceptors (Lipinski definition) is 3. The third-order valence-electron chi connectivity index (χ3n) is 6.09. The molecule has 0 spiro atoms. The van der Waals surface area contributed by atoms with Crippen molar-refractivity contribution in [3.05, 3.63) is 95.6 Å². The van der Waals surface area contributed by atoms with Gasteiger partial charge in [0.1, 0.15) is 12.6 Å². The molecule has 3 aromatic carbocycles. The van der Waals surface area contributed by atoms with Crippen LogP contribution in [0.1, 0.15) is 36.5 Å². The van der Waals surface area contributed by atoms with E-state index in [2.05, 4.69) is 17.4 Å². The van der Waals surface area contributed by atoms with E-state index in [0.717, 1.165) is 27.8 Å². The second-order valence-electron chi connectivity index (χ2n) is 8.33. The van der Waals surface area contributed by atoms with Gasteiger partial charge in [-0.2, -0.15) is 0 Å². The van der Waals surface area contributed by atoms with Crippen LogP contribution in [0.25, 0.3) is 11.1 Å². The number of carbonyl (C=O) groups excluding carboxylic acids is 1. The van der Waals surface area contributed by atoms with Crippen LogP contribution in [0.4, 0.5) is 4.79 Å². The number of benzene rings is 3. The topological polar surface area (TPSA) is 75.6 Å². The molecule has 0 radical (unpaired) electrons. The molecule has 1 aliphatic rings. The van der Waals surface area contributed by atoms with Crippen molar-refractivity contribution in [1.29, 1.82) is 0 Å². The second-order valence-corrected chi connectivity index (χ2v) is 8.33. The minimum absolute atomic E-state index is 0.0800.